The van der Waals surface area contributed by atoms with Crippen molar-refractivity contribution in [3.05, 3.63) is 47.4 Å². The van der Waals surface area contributed by atoms with Gasteiger partial charge in [-0.25, -0.2) is 9.97 Å². The zero-order chi connectivity index (χ0) is 18.8. The first-order valence-corrected chi connectivity index (χ1v) is 9.21. The minimum Gasteiger partial charge on any atom is -0.476 e. The molecule has 4 heterocycles. The molecule has 1 aliphatic heterocycles. The standard InChI is InChI=1S/C20H22N6O/c1-14-11-19(26-18(23-14)10-15(2)24-26)25-8-5-16(6-9-25)13-27-20-17(12-21)4-3-7-22-20/h3-4,7,10-11,16H,5-6,8-9,13H2,1-2H3. The molecule has 138 valence electrons. The largest absolute Gasteiger partial charge is 0.476 e. The number of anilines is 1. The van der Waals surface area contributed by atoms with Gasteiger partial charge in [0.25, 0.3) is 0 Å². The molecule has 0 saturated carbocycles. The lowest BCUT2D eigenvalue weighted by atomic mass is 9.98. The highest BCUT2D eigenvalue weighted by atomic mass is 16.5. The van der Waals surface area contributed by atoms with Crippen molar-refractivity contribution in [3.8, 4) is 11.9 Å². The Balaban J connectivity index is 1.42. The van der Waals surface area contributed by atoms with Gasteiger partial charge in [0.15, 0.2) is 5.65 Å². The molecule has 0 unspecified atom stereocenters. The van der Waals surface area contributed by atoms with Gasteiger partial charge in [0.05, 0.1) is 12.3 Å². The molecule has 4 rings (SSSR count). The van der Waals surface area contributed by atoms with Crippen LogP contribution < -0.4 is 9.64 Å². The lowest BCUT2D eigenvalue weighted by Gasteiger charge is -2.33. The quantitative estimate of drug-likeness (QED) is 0.710. The fraction of sp³-hybridized carbons (Fsp3) is 0.400. The number of nitrogens with zero attached hydrogens (tertiary/aromatic N) is 6. The molecule has 1 aliphatic rings. The van der Waals surface area contributed by atoms with Crippen LogP contribution in [0.15, 0.2) is 30.5 Å². The Bertz CT molecular complexity index is 997. The summed E-state index contributed by atoms with van der Waals surface area (Å²) in [6.07, 6.45) is 3.71. The number of aryl methyl sites for hydroxylation is 2. The fourth-order valence-corrected chi connectivity index (χ4v) is 3.54. The average molecular weight is 362 g/mol. The number of piperidine rings is 1. The van der Waals surface area contributed by atoms with Gasteiger partial charge in [0, 0.05) is 37.1 Å². The van der Waals surface area contributed by atoms with Gasteiger partial charge in [0.2, 0.25) is 5.88 Å². The SMILES string of the molecule is Cc1cc(N2CCC(COc3ncccc3C#N)CC2)n2nc(C)cc2n1. The molecule has 1 fully saturated rings. The van der Waals surface area contributed by atoms with Crippen LogP contribution in [0, 0.1) is 31.1 Å². The van der Waals surface area contributed by atoms with E-state index in [4.69, 9.17) is 10.00 Å². The molecule has 0 aliphatic carbocycles. The molecule has 7 heteroatoms. The smallest absolute Gasteiger partial charge is 0.231 e. The molecule has 0 amide bonds. The summed E-state index contributed by atoms with van der Waals surface area (Å²) >= 11 is 0. The molecule has 0 radical (unpaired) electrons. The van der Waals surface area contributed by atoms with Crippen LogP contribution >= 0.6 is 0 Å². The molecule has 0 spiro atoms. The van der Waals surface area contributed by atoms with Crippen molar-refractivity contribution in [2.45, 2.75) is 26.7 Å². The number of nitriles is 1. The van der Waals surface area contributed by atoms with E-state index in [1.165, 1.54) is 0 Å². The second-order valence-electron chi connectivity index (χ2n) is 7.02. The maximum Gasteiger partial charge on any atom is 0.231 e. The Hall–Kier alpha value is -3.14. The maximum atomic E-state index is 9.14. The van der Waals surface area contributed by atoms with E-state index in [2.05, 4.69) is 32.1 Å². The normalized spacial score (nSPS) is 15.1. The Kier molecular flexibility index (Phi) is 4.63. The number of hydrogen-bond acceptors (Lipinski definition) is 6. The van der Waals surface area contributed by atoms with Crippen LogP contribution in [-0.2, 0) is 0 Å². The number of fused-ring (bicyclic) bond motifs is 1. The fourth-order valence-electron chi connectivity index (χ4n) is 3.54. The molecule has 0 atom stereocenters. The second kappa shape index (κ2) is 7.23. The Labute approximate surface area is 158 Å². The van der Waals surface area contributed by atoms with Crippen molar-refractivity contribution in [2.75, 3.05) is 24.6 Å². The third-order valence-corrected chi connectivity index (χ3v) is 4.94. The highest BCUT2D eigenvalue weighted by Crippen LogP contribution is 2.25. The summed E-state index contributed by atoms with van der Waals surface area (Å²) in [5.74, 6) is 1.98. The highest BCUT2D eigenvalue weighted by Gasteiger charge is 2.23. The van der Waals surface area contributed by atoms with Crippen molar-refractivity contribution in [3.63, 3.8) is 0 Å². The Morgan fingerprint density at radius 1 is 1.22 bits per heavy atom. The summed E-state index contributed by atoms with van der Waals surface area (Å²) in [6, 6.07) is 9.71. The van der Waals surface area contributed by atoms with Crippen molar-refractivity contribution in [1.82, 2.24) is 19.6 Å². The summed E-state index contributed by atoms with van der Waals surface area (Å²) in [7, 11) is 0. The van der Waals surface area contributed by atoms with Gasteiger partial charge in [-0.15, -0.1) is 0 Å². The monoisotopic (exact) mass is 362 g/mol. The van der Waals surface area contributed by atoms with Crippen molar-refractivity contribution in [2.24, 2.45) is 5.92 Å². The Morgan fingerprint density at radius 3 is 2.81 bits per heavy atom. The molecular formula is C20H22N6O. The molecule has 7 nitrogen and oxygen atoms in total. The first-order valence-electron chi connectivity index (χ1n) is 9.21. The van der Waals surface area contributed by atoms with E-state index in [1.807, 2.05) is 24.4 Å². The lowest BCUT2D eigenvalue weighted by molar-refractivity contribution is 0.215. The van der Waals surface area contributed by atoms with Crippen LogP contribution in [0.3, 0.4) is 0 Å². The van der Waals surface area contributed by atoms with E-state index in [9.17, 15) is 0 Å². The van der Waals surface area contributed by atoms with Crippen LogP contribution in [0.25, 0.3) is 5.65 Å². The molecular weight excluding hydrogens is 340 g/mol. The topological polar surface area (TPSA) is 79.3 Å². The second-order valence-corrected chi connectivity index (χ2v) is 7.02. The first-order chi connectivity index (χ1) is 13.1. The third-order valence-electron chi connectivity index (χ3n) is 4.94. The van der Waals surface area contributed by atoms with Gasteiger partial charge in [-0.3, -0.25) is 0 Å². The summed E-state index contributed by atoms with van der Waals surface area (Å²) < 4.78 is 7.76. The lowest BCUT2D eigenvalue weighted by Crippen LogP contribution is -2.36. The number of ether oxygens (including phenoxy) is 1. The summed E-state index contributed by atoms with van der Waals surface area (Å²) in [5, 5.41) is 13.7. The van der Waals surface area contributed by atoms with Crippen LogP contribution in [0.4, 0.5) is 5.82 Å². The molecule has 27 heavy (non-hydrogen) atoms. The van der Waals surface area contributed by atoms with Gasteiger partial charge in [-0.05, 0) is 44.7 Å². The minimum atomic E-state index is 0.431. The van der Waals surface area contributed by atoms with E-state index >= 15 is 0 Å². The zero-order valence-corrected chi connectivity index (χ0v) is 15.6. The summed E-state index contributed by atoms with van der Waals surface area (Å²) in [4.78, 5) is 11.1. The molecule has 3 aromatic rings. The number of pyridine rings is 1. The zero-order valence-electron chi connectivity index (χ0n) is 15.6. The van der Waals surface area contributed by atoms with E-state index in [1.54, 1.807) is 18.3 Å². The van der Waals surface area contributed by atoms with Crippen LogP contribution in [0.1, 0.15) is 29.8 Å². The Morgan fingerprint density at radius 2 is 2.04 bits per heavy atom. The highest BCUT2D eigenvalue weighted by molar-refractivity contribution is 5.52. The third kappa shape index (κ3) is 3.56. The molecule has 0 aromatic carbocycles. The summed E-state index contributed by atoms with van der Waals surface area (Å²) in [6.45, 7) is 6.49. The van der Waals surface area contributed by atoms with E-state index in [0.29, 0.717) is 24.0 Å². The van der Waals surface area contributed by atoms with E-state index in [-0.39, 0.29) is 0 Å². The minimum absolute atomic E-state index is 0.431. The maximum absolute atomic E-state index is 9.14. The number of hydrogen-bond donors (Lipinski definition) is 0. The molecule has 0 bridgehead atoms. The van der Waals surface area contributed by atoms with Gasteiger partial charge in [0.1, 0.15) is 17.5 Å². The van der Waals surface area contributed by atoms with E-state index < -0.39 is 0 Å². The number of rotatable bonds is 4. The van der Waals surface area contributed by atoms with Crippen molar-refractivity contribution >= 4 is 11.5 Å². The predicted molar refractivity (Wildman–Crippen MR) is 102 cm³/mol. The number of aromatic nitrogens is 4. The summed E-state index contributed by atoms with van der Waals surface area (Å²) in [5.41, 5.74) is 3.36. The van der Waals surface area contributed by atoms with Crippen LogP contribution in [-0.4, -0.2) is 39.3 Å². The predicted octanol–water partition coefficient (Wildman–Crippen LogP) is 2.91. The van der Waals surface area contributed by atoms with Gasteiger partial charge in [-0.1, -0.05) is 0 Å². The molecule has 0 N–H and O–H groups in total. The van der Waals surface area contributed by atoms with Crippen molar-refractivity contribution in [1.29, 1.82) is 5.26 Å². The van der Waals surface area contributed by atoms with Gasteiger partial charge >= 0.3 is 0 Å². The van der Waals surface area contributed by atoms with Crippen LogP contribution in [0.2, 0.25) is 0 Å². The molecule has 1 saturated heterocycles. The average Bonchev–Trinajstić information content (AvgIpc) is 3.06. The van der Waals surface area contributed by atoms with Gasteiger partial charge < -0.3 is 9.64 Å². The van der Waals surface area contributed by atoms with Gasteiger partial charge in [-0.2, -0.15) is 14.9 Å². The van der Waals surface area contributed by atoms with E-state index in [0.717, 1.165) is 48.8 Å². The van der Waals surface area contributed by atoms with Crippen molar-refractivity contribution < 1.29 is 4.74 Å². The van der Waals surface area contributed by atoms with Crippen LogP contribution in [0.5, 0.6) is 5.88 Å². The molecule has 3 aromatic heterocycles. The first kappa shape index (κ1) is 17.3.